The van der Waals surface area contributed by atoms with E-state index in [1.807, 2.05) is 6.08 Å². The maximum absolute atomic E-state index is 5.99. The molecule has 0 bridgehead atoms. The summed E-state index contributed by atoms with van der Waals surface area (Å²) in [6, 6.07) is 0. The molecule has 1 nitrogen and oxygen atoms in total. The molecule has 0 N–H and O–H groups in total. The molecule has 1 aliphatic carbocycles. The summed E-state index contributed by atoms with van der Waals surface area (Å²) in [6.45, 7) is 0. The summed E-state index contributed by atoms with van der Waals surface area (Å²) in [5.41, 5.74) is 0. The zero-order valence-electron chi connectivity index (χ0n) is 5.85. The third-order valence-corrected chi connectivity index (χ3v) is 3.63. The van der Waals surface area contributed by atoms with Crippen molar-refractivity contribution in [3.8, 4) is 0 Å². The van der Waals surface area contributed by atoms with E-state index in [2.05, 4.69) is 15.9 Å². The molecular formula is C7H7BrCl2O. The highest BCUT2D eigenvalue weighted by molar-refractivity contribution is 9.11. The van der Waals surface area contributed by atoms with Crippen LogP contribution in [0.5, 0.6) is 0 Å². The maximum Gasteiger partial charge on any atom is 0.181 e. The zero-order valence-corrected chi connectivity index (χ0v) is 8.95. The first-order valence-electron chi connectivity index (χ1n) is 3.03. The molecule has 0 saturated heterocycles. The molecule has 2 unspecified atom stereocenters. The molecule has 0 saturated carbocycles. The Balaban J connectivity index is 2.88. The minimum Gasteiger partial charge on any atom is -0.357 e. The number of ether oxygens (including phenoxy) is 1. The van der Waals surface area contributed by atoms with Gasteiger partial charge in [0.1, 0.15) is 5.38 Å². The van der Waals surface area contributed by atoms with Crippen molar-refractivity contribution < 1.29 is 4.74 Å². The quantitative estimate of drug-likeness (QED) is 0.657. The van der Waals surface area contributed by atoms with Crippen molar-refractivity contribution in [2.24, 2.45) is 0 Å². The highest BCUT2D eigenvalue weighted by atomic mass is 79.9. The number of hydrogen-bond acceptors (Lipinski definition) is 1. The van der Waals surface area contributed by atoms with Crippen molar-refractivity contribution in [2.75, 3.05) is 7.11 Å². The number of allylic oxidation sites excluding steroid dienone is 2. The van der Waals surface area contributed by atoms with Crippen LogP contribution in [0, 0.1) is 0 Å². The Labute approximate surface area is 84.1 Å². The fourth-order valence-electron chi connectivity index (χ4n) is 0.800. The summed E-state index contributed by atoms with van der Waals surface area (Å²) in [7, 11) is 1.53. The minimum absolute atomic E-state index is 0.362. The largest absolute Gasteiger partial charge is 0.357 e. The van der Waals surface area contributed by atoms with Gasteiger partial charge in [0.25, 0.3) is 0 Å². The van der Waals surface area contributed by atoms with E-state index in [0.29, 0.717) is 0 Å². The van der Waals surface area contributed by atoms with E-state index < -0.39 is 5.06 Å². The molecule has 0 heterocycles. The van der Waals surface area contributed by atoms with E-state index in [9.17, 15) is 0 Å². The molecule has 0 aromatic heterocycles. The van der Waals surface area contributed by atoms with Crippen LogP contribution in [0.15, 0.2) is 22.7 Å². The summed E-state index contributed by atoms with van der Waals surface area (Å²) >= 11 is 15.2. The maximum atomic E-state index is 5.99. The summed E-state index contributed by atoms with van der Waals surface area (Å²) in [5, 5.41) is -1.27. The normalized spacial score (nSPS) is 37.1. The van der Waals surface area contributed by atoms with Gasteiger partial charge in [-0.2, -0.15) is 0 Å². The summed E-state index contributed by atoms with van der Waals surface area (Å²) in [6.07, 6.45) is 5.37. The lowest BCUT2D eigenvalue weighted by Gasteiger charge is -2.28. The Morgan fingerprint density at radius 2 is 2.36 bits per heavy atom. The van der Waals surface area contributed by atoms with Gasteiger partial charge in [-0.05, 0) is 6.08 Å². The molecular weight excluding hydrogens is 251 g/mol. The molecule has 0 radical (unpaired) electrons. The minimum atomic E-state index is -0.908. The van der Waals surface area contributed by atoms with E-state index in [1.165, 1.54) is 7.11 Å². The number of methoxy groups -OCH3 is 1. The third kappa shape index (κ3) is 1.81. The van der Waals surface area contributed by atoms with Gasteiger partial charge in [-0.1, -0.05) is 39.7 Å². The van der Waals surface area contributed by atoms with Gasteiger partial charge in [-0.15, -0.1) is 11.6 Å². The number of halogens is 3. The van der Waals surface area contributed by atoms with Crippen LogP contribution in [-0.2, 0) is 4.74 Å². The fraction of sp³-hybridized carbons (Fsp3) is 0.429. The van der Waals surface area contributed by atoms with Crippen LogP contribution in [0.25, 0.3) is 0 Å². The van der Waals surface area contributed by atoms with Crippen molar-refractivity contribution in [3.63, 3.8) is 0 Å². The molecule has 1 rings (SSSR count). The molecule has 11 heavy (non-hydrogen) atoms. The number of alkyl halides is 2. The molecule has 0 aliphatic heterocycles. The SMILES string of the molecule is COC1(Cl)C=CC=C(Br)C1Cl. The van der Waals surface area contributed by atoms with Crippen molar-refractivity contribution in [1.82, 2.24) is 0 Å². The van der Waals surface area contributed by atoms with E-state index in [1.54, 1.807) is 12.2 Å². The summed E-state index contributed by atoms with van der Waals surface area (Å²) < 4.78 is 5.87. The highest BCUT2D eigenvalue weighted by Crippen LogP contribution is 2.37. The Morgan fingerprint density at radius 3 is 2.82 bits per heavy atom. The van der Waals surface area contributed by atoms with Crippen LogP contribution in [0.2, 0.25) is 0 Å². The lowest BCUT2D eigenvalue weighted by Crippen LogP contribution is -2.34. The van der Waals surface area contributed by atoms with Crippen molar-refractivity contribution in [3.05, 3.63) is 22.7 Å². The van der Waals surface area contributed by atoms with Crippen molar-refractivity contribution in [1.29, 1.82) is 0 Å². The smallest absolute Gasteiger partial charge is 0.181 e. The first kappa shape index (κ1) is 9.59. The predicted molar refractivity (Wildman–Crippen MR) is 51.4 cm³/mol. The second-order valence-electron chi connectivity index (χ2n) is 2.18. The summed E-state index contributed by atoms with van der Waals surface area (Å²) in [4.78, 5) is 0. The van der Waals surface area contributed by atoms with E-state index >= 15 is 0 Å². The van der Waals surface area contributed by atoms with Gasteiger partial charge in [-0.25, -0.2) is 0 Å². The van der Waals surface area contributed by atoms with Gasteiger partial charge in [-0.3, -0.25) is 0 Å². The Kier molecular flexibility index (Phi) is 3.03. The zero-order chi connectivity index (χ0) is 8.48. The highest BCUT2D eigenvalue weighted by Gasteiger charge is 2.36. The molecule has 4 heteroatoms. The molecule has 0 aromatic carbocycles. The molecule has 1 aliphatic rings. The predicted octanol–water partition coefficient (Wildman–Crippen LogP) is 3.02. The van der Waals surface area contributed by atoms with Gasteiger partial charge >= 0.3 is 0 Å². The van der Waals surface area contributed by atoms with Gasteiger partial charge in [0.05, 0.1) is 0 Å². The van der Waals surface area contributed by atoms with Crippen LogP contribution < -0.4 is 0 Å². The van der Waals surface area contributed by atoms with Crippen LogP contribution in [0.3, 0.4) is 0 Å². The lowest BCUT2D eigenvalue weighted by molar-refractivity contribution is 0.108. The second kappa shape index (κ2) is 3.48. The van der Waals surface area contributed by atoms with Gasteiger partial charge in [0.2, 0.25) is 0 Å². The first-order chi connectivity index (χ1) is 5.10. The fourth-order valence-corrected chi connectivity index (χ4v) is 1.85. The van der Waals surface area contributed by atoms with E-state index in [-0.39, 0.29) is 5.38 Å². The molecule has 0 amide bonds. The topological polar surface area (TPSA) is 9.23 Å². The van der Waals surface area contributed by atoms with Gasteiger partial charge < -0.3 is 4.74 Å². The monoisotopic (exact) mass is 256 g/mol. The standard InChI is InChI=1S/C7H7BrCl2O/c1-11-7(10)4-2-3-5(8)6(7)9/h2-4,6H,1H3. The van der Waals surface area contributed by atoms with Crippen LogP contribution in [-0.4, -0.2) is 17.5 Å². The first-order valence-corrected chi connectivity index (χ1v) is 4.64. The van der Waals surface area contributed by atoms with Crippen molar-refractivity contribution >= 4 is 39.1 Å². The van der Waals surface area contributed by atoms with Crippen LogP contribution in [0.1, 0.15) is 0 Å². The van der Waals surface area contributed by atoms with E-state index in [0.717, 1.165) is 4.48 Å². The lowest BCUT2D eigenvalue weighted by atomic mass is 10.1. The molecule has 0 fully saturated rings. The average molecular weight is 258 g/mol. The van der Waals surface area contributed by atoms with Crippen LogP contribution in [0.4, 0.5) is 0 Å². The molecule has 0 spiro atoms. The summed E-state index contributed by atoms with van der Waals surface area (Å²) in [5.74, 6) is 0. The average Bonchev–Trinajstić information content (AvgIpc) is 2.00. The Morgan fingerprint density at radius 1 is 1.73 bits per heavy atom. The molecule has 2 atom stereocenters. The second-order valence-corrected chi connectivity index (χ2v) is 4.12. The van der Waals surface area contributed by atoms with E-state index in [4.69, 9.17) is 27.9 Å². The molecule has 0 aromatic rings. The number of rotatable bonds is 1. The van der Waals surface area contributed by atoms with Gasteiger partial charge in [0.15, 0.2) is 5.06 Å². The van der Waals surface area contributed by atoms with Crippen molar-refractivity contribution in [2.45, 2.75) is 10.4 Å². The Bertz CT molecular complexity index is 214. The van der Waals surface area contributed by atoms with Crippen LogP contribution >= 0.6 is 39.1 Å². The van der Waals surface area contributed by atoms with Gasteiger partial charge in [0, 0.05) is 11.6 Å². The molecule has 62 valence electrons. The third-order valence-electron chi connectivity index (χ3n) is 1.48. The number of hydrogen-bond donors (Lipinski definition) is 0. The Hall–Kier alpha value is 0.500.